The van der Waals surface area contributed by atoms with Crippen LogP contribution in [0.15, 0.2) is 18.2 Å². The smallest absolute Gasteiger partial charge is 0.311 e. The number of carbonyl (C=O) groups excluding carboxylic acids is 2. The van der Waals surface area contributed by atoms with Gasteiger partial charge in [-0.2, -0.15) is 0 Å². The van der Waals surface area contributed by atoms with Crippen molar-refractivity contribution in [3.8, 4) is 11.5 Å². The van der Waals surface area contributed by atoms with Gasteiger partial charge in [0.25, 0.3) is 0 Å². The van der Waals surface area contributed by atoms with E-state index in [-0.39, 0.29) is 29.8 Å². The highest BCUT2D eigenvalue weighted by molar-refractivity contribution is 5.89. The highest BCUT2D eigenvalue weighted by atomic mass is 16.7. The number of nitrogens with zero attached hydrogens (tertiary/aromatic N) is 2. The maximum atomic E-state index is 12.7. The SMILES string of the molecule is CCCN1C(=O)CC(C(=O)OC)C12CCN(CC(C)Cc1ccc3c(c1)OCO3)CC2. The van der Waals surface area contributed by atoms with Crippen molar-refractivity contribution in [2.24, 2.45) is 11.8 Å². The highest BCUT2D eigenvalue weighted by Crippen LogP contribution is 2.44. The number of methoxy groups -OCH3 is 1. The average Bonchev–Trinajstić information content (AvgIpc) is 3.33. The summed E-state index contributed by atoms with van der Waals surface area (Å²) in [4.78, 5) is 29.7. The Morgan fingerprint density at radius 1 is 1.26 bits per heavy atom. The summed E-state index contributed by atoms with van der Waals surface area (Å²) in [6.07, 6.45) is 3.82. The van der Waals surface area contributed by atoms with Gasteiger partial charge in [0, 0.05) is 32.6 Å². The van der Waals surface area contributed by atoms with E-state index in [9.17, 15) is 9.59 Å². The third-order valence-corrected chi connectivity index (χ3v) is 7.11. The maximum absolute atomic E-state index is 12.7. The van der Waals surface area contributed by atoms with Gasteiger partial charge in [-0.3, -0.25) is 9.59 Å². The molecule has 4 rings (SSSR count). The Bertz CT molecular complexity index is 818. The van der Waals surface area contributed by atoms with Crippen molar-refractivity contribution in [1.82, 2.24) is 9.80 Å². The first-order valence-corrected chi connectivity index (χ1v) is 11.5. The van der Waals surface area contributed by atoms with Crippen molar-refractivity contribution >= 4 is 11.9 Å². The van der Waals surface area contributed by atoms with Gasteiger partial charge in [0.2, 0.25) is 12.7 Å². The summed E-state index contributed by atoms with van der Waals surface area (Å²) in [5, 5.41) is 0. The highest BCUT2D eigenvalue weighted by Gasteiger charge is 2.56. The molecule has 0 aromatic heterocycles. The quantitative estimate of drug-likeness (QED) is 0.620. The van der Waals surface area contributed by atoms with E-state index in [1.165, 1.54) is 12.7 Å². The Morgan fingerprint density at radius 2 is 2.00 bits per heavy atom. The molecule has 1 spiro atoms. The van der Waals surface area contributed by atoms with E-state index in [2.05, 4.69) is 30.9 Å². The third-order valence-electron chi connectivity index (χ3n) is 7.11. The number of likely N-dealkylation sites (tertiary alicyclic amines) is 2. The Kier molecular flexibility index (Phi) is 6.42. The lowest BCUT2D eigenvalue weighted by atomic mass is 9.76. The van der Waals surface area contributed by atoms with Crippen LogP contribution < -0.4 is 9.47 Å². The summed E-state index contributed by atoms with van der Waals surface area (Å²) >= 11 is 0. The molecule has 2 fully saturated rings. The van der Waals surface area contributed by atoms with Gasteiger partial charge < -0.3 is 24.0 Å². The van der Waals surface area contributed by atoms with E-state index in [1.54, 1.807) is 0 Å². The first-order valence-electron chi connectivity index (χ1n) is 11.5. The van der Waals surface area contributed by atoms with Gasteiger partial charge in [-0.15, -0.1) is 0 Å². The van der Waals surface area contributed by atoms with Gasteiger partial charge in [-0.25, -0.2) is 0 Å². The maximum Gasteiger partial charge on any atom is 0.311 e. The molecule has 2 saturated heterocycles. The summed E-state index contributed by atoms with van der Waals surface area (Å²) in [7, 11) is 1.43. The van der Waals surface area contributed by atoms with Crippen LogP contribution in [0.5, 0.6) is 11.5 Å². The molecule has 0 saturated carbocycles. The van der Waals surface area contributed by atoms with E-state index < -0.39 is 0 Å². The summed E-state index contributed by atoms with van der Waals surface area (Å²) in [6.45, 7) is 8.16. The van der Waals surface area contributed by atoms with Crippen LogP contribution in [0, 0.1) is 11.8 Å². The van der Waals surface area contributed by atoms with Crippen molar-refractivity contribution in [3.05, 3.63) is 23.8 Å². The average molecular weight is 431 g/mol. The van der Waals surface area contributed by atoms with Crippen molar-refractivity contribution in [2.45, 2.75) is 51.5 Å². The Labute approximate surface area is 184 Å². The Hall–Kier alpha value is -2.28. The van der Waals surface area contributed by atoms with Crippen molar-refractivity contribution in [1.29, 1.82) is 0 Å². The van der Waals surface area contributed by atoms with E-state index in [4.69, 9.17) is 14.2 Å². The van der Waals surface area contributed by atoms with Gasteiger partial charge in [0.1, 0.15) is 0 Å². The summed E-state index contributed by atoms with van der Waals surface area (Å²) in [6, 6.07) is 6.18. The number of amides is 1. The lowest BCUT2D eigenvalue weighted by Gasteiger charge is -2.47. The first-order chi connectivity index (χ1) is 15.0. The van der Waals surface area contributed by atoms with Crippen LogP contribution in [0.25, 0.3) is 0 Å². The Morgan fingerprint density at radius 3 is 2.71 bits per heavy atom. The molecule has 0 N–H and O–H groups in total. The molecule has 7 heteroatoms. The number of ether oxygens (including phenoxy) is 3. The molecule has 7 nitrogen and oxygen atoms in total. The second kappa shape index (κ2) is 9.07. The minimum Gasteiger partial charge on any atom is -0.469 e. The lowest BCUT2D eigenvalue weighted by molar-refractivity contribution is -0.150. The van der Waals surface area contributed by atoms with Crippen LogP contribution in [0.3, 0.4) is 0 Å². The standard InChI is InChI=1S/C24H34N2O5/c1-4-9-26-22(27)14-19(23(28)29-3)24(26)7-10-25(11-8-24)15-17(2)12-18-5-6-20-21(13-18)31-16-30-20/h5-6,13,17,19H,4,7-12,14-16H2,1-3H3. The predicted octanol–water partition coefficient (Wildman–Crippen LogP) is 2.86. The van der Waals surface area contributed by atoms with Crippen molar-refractivity contribution in [3.63, 3.8) is 0 Å². The molecular weight excluding hydrogens is 396 g/mol. The molecule has 31 heavy (non-hydrogen) atoms. The molecule has 1 amide bonds. The number of benzene rings is 1. The fourth-order valence-electron chi connectivity index (χ4n) is 5.64. The molecule has 2 atom stereocenters. The van der Waals surface area contributed by atoms with Crippen molar-refractivity contribution in [2.75, 3.05) is 40.1 Å². The second-order valence-electron chi connectivity index (χ2n) is 9.23. The lowest BCUT2D eigenvalue weighted by Crippen LogP contribution is -2.58. The molecule has 0 aliphatic carbocycles. The van der Waals surface area contributed by atoms with Crippen LogP contribution in [-0.2, 0) is 20.7 Å². The van der Waals surface area contributed by atoms with Crippen LogP contribution in [-0.4, -0.2) is 67.3 Å². The summed E-state index contributed by atoms with van der Waals surface area (Å²) in [5.74, 6) is 1.66. The zero-order chi connectivity index (χ0) is 22.0. The van der Waals surface area contributed by atoms with Crippen molar-refractivity contribution < 1.29 is 23.8 Å². The third kappa shape index (κ3) is 4.25. The molecule has 2 unspecified atom stereocenters. The fourth-order valence-corrected chi connectivity index (χ4v) is 5.64. The number of piperidine rings is 1. The number of hydrogen-bond donors (Lipinski definition) is 0. The van der Waals surface area contributed by atoms with Gasteiger partial charge in [-0.1, -0.05) is 19.9 Å². The molecule has 1 aromatic rings. The van der Waals surface area contributed by atoms with E-state index in [1.807, 2.05) is 11.0 Å². The van der Waals surface area contributed by atoms with E-state index in [0.717, 1.165) is 56.8 Å². The number of esters is 1. The fraction of sp³-hybridized carbons (Fsp3) is 0.667. The minimum absolute atomic E-state index is 0.0990. The molecular formula is C24H34N2O5. The first kappa shape index (κ1) is 21.9. The molecule has 3 aliphatic heterocycles. The van der Waals surface area contributed by atoms with E-state index in [0.29, 0.717) is 19.3 Å². The van der Waals surface area contributed by atoms with Gasteiger partial charge in [-0.05, 0) is 49.3 Å². The van der Waals surface area contributed by atoms with Crippen LogP contribution in [0.4, 0.5) is 0 Å². The largest absolute Gasteiger partial charge is 0.469 e. The number of fused-ring (bicyclic) bond motifs is 1. The second-order valence-corrected chi connectivity index (χ2v) is 9.23. The summed E-state index contributed by atoms with van der Waals surface area (Å²) < 4.78 is 16.0. The number of rotatable bonds is 7. The van der Waals surface area contributed by atoms with Crippen LogP contribution in [0.2, 0.25) is 0 Å². The Balaban J connectivity index is 1.37. The molecule has 170 valence electrons. The van der Waals surface area contributed by atoms with Gasteiger partial charge in [0.15, 0.2) is 11.5 Å². The molecule has 3 aliphatic rings. The molecule has 0 bridgehead atoms. The molecule has 0 radical (unpaired) electrons. The van der Waals surface area contributed by atoms with Gasteiger partial charge >= 0.3 is 5.97 Å². The molecule has 3 heterocycles. The van der Waals surface area contributed by atoms with E-state index >= 15 is 0 Å². The normalized spacial score (nSPS) is 23.4. The number of carbonyl (C=O) groups is 2. The monoisotopic (exact) mass is 430 g/mol. The topological polar surface area (TPSA) is 68.3 Å². The zero-order valence-electron chi connectivity index (χ0n) is 18.9. The minimum atomic E-state index is -0.378. The number of hydrogen-bond acceptors (Lipinski definition) is 6. The van der Waals surface area contributed by atoms with Crippen LogP contribution in [0.1, 0.15) is 45.1 Å². The zero-order valence-corrected chi connectivity index (χ0v) is 18.9. The predicted molar refractivity (Wildman–Crippen MR) is 116 cm³/mol. The van der Waals surface area contributed by atoms with Gasteiger partial charge in [0.05, 0.1) is 18.6 Å². The summed E-state index contributed by atoms with van der Waals surface area (Å²) in [5.41, 5.74) is 0.878. The molecule has 1 aromatic carbocycles. The van der Waals surface area contributed by atoms with Crippen LogP contribution >= 0.6 is 0 Å².